The Morgan fingerprint density at radius 1 is 1.29 bits per heavy atom. The van der Waals surface area contributed by atoms with Crippen molar-refractivity contribution >= 4 is 5.91 Å². The van der Waals surface area contributed by atoms with Gasteiger partial charge in [0.1, 0.15) is 0 Å². The lowest BCUT2D eigenvalue weighted by Gasteiger charge is -2.32. The van der Waals surface area contributed by atoms with Gasteiger partial charge in [0.05, 0.1) is 7.11 Å². The van der Waals surface area contributed by atoms with Gasteiger partial charge in [-0.1, -0.05) is 0 Å². The first-order valence-corrected chi connectivity index (χ1v) is 7.56. The van der Waals surface area contributed by atoms with Crippen LogP contribution < -0.4 is 10.1 Å². The molecule has 4 nitrogen and oxygen atoms in total. The predicted molar refractivity (Wildman–Crippen MR) is 78.0 cm³/mol. The van der Waals surface area contributed by atoms with Crippen LogP contribution in [0.1, 0.15) is 36.0 Å². The van der Waals surface area contributed by atoms with Gasteiger partial charge in [0.25, 0.3) is 5.91 Å². The first kappa shape index (κ1) is 14.3. The van der Waals surface area contributed by atoms with Crippen LogP contribution in [0.4, 0.5) is 4.39 Å². The maximum absolute atomic E-state index is 13.6. The SMILES string of the molecule is COc1ccc(C(=O)NC2CCN(C3CC3)CC2)cc1F. The molecule has 1 aromatic carbocycles. The second-order valence-electron chi connectivity index (χ2n) is 5.86. The number of halogens is 1. The third-order valence-electron chi connectivity index (χ3n) is 4.34. The highest BCUT2D eigenvalue weighted by molar-refractivity contribution is 5.94. The molecule has 0 atom stereocenters. The van der Waals surface area contributed by atoms with Gasteiger partial charge in [0.15, 0.2) is 11.6 Å². The van der Waals surface area contributed by atoms with Crippen LogP contribution >= 0.6 is 0 Å². The summed E-state index contributed by atoms with van der Waals surface area (Å²) in [6.07, 6.45) is 4.59. The summed E-state index contributed by atoms with van der Waals surface area (Å²) in [6, 6.07) is 5.29. The number of nitrogens with zero attached hydrogens (tertiary/aromatic N) is 1. The molecular formula is C16H21FN2O2. The quantitative estimate of drug-likeness (QED) is 0.925. The lowest BCUT2D eigenvalue weighted by atomic mass is 10.0. The van der Waals surface area contributed by atoms with E-state index in [2.05, 4.69) is 10.2 Å². The number of piperidine rings is 1. The van der Waals surface area contributed by atoms with Crippen molar-refractivity contribution in [1.29, 1.82) is 0 Å². The highest BCUT2D eigenvalue weighted by Crippen LogP contribution is 2.29. The Morgan fingerprint density at radius 2 is 2.00 bits per heavy atom. The van der Waals surface area contributed by atoms with Crippen LogP contribution in [0.2, 0.25) is 0 Å². The fraction of sp³-hybridized carbons (Fsp3) is 0.562. The van der Waals surface area contributed by atoms with Gasteiger partial charge in [-0.3, -0.25) is 4.79 Å². The first-order chi connectivity index (χ1) is 10.2. The van der Waals surface area contributed by atoms with Crippen molar-refractivity contribution in [2.24, 2.45) is 0 Å². The van der Waals surface area contributed by atoms with Crippen LogP contribution in [-0.4, -0.2) is 43.1 Å². The molecule has 114 valence electrons. The van der Waals surface area contributed by atoms with E-state index >= 15 is 0 Å². The molecule has 1 saturated carbocycles. The number of ether oxygens (including phenoxy) is 1. The largest absolute Gasteiger partial charge is 0.494 e. The lowest BCUT2D eigenvalue weighted by Crippen LogP contribution is -2.45. The number of carbonyl (C=O) groups excluding carboxylic acids is 1. The van der Waals surface area contributed by atoms with Gasteiger partial charge in [-0.2, -0.15) is 0 Å². The van der Waals surface area contributed by atoms with Gasteiger partial charge in [-0.15, -0.1) is 0 Å². The van der Waals surface area contributed by atoms with Crippen LogP contribution in [0.15, 0.2) is 18.2 Å². The molecule has 3 rings (SSSR count). The van der Waals surface area contributed by atoms with E-state index in [0.29, 0.717) is 5.56 Å². The number of nitrogens with one attached hydrogen (secondary N) is 1. The van der Waals surface area contributed by atoms with Crippen molar-refractivity contribution in [2.75, 3.05) is 20.2 Å². The molecule has 5 heteroatoms. The normalized spacial score (nSPS) is 20.3. The number of likely N-dealkylation sites (tertiary alicyclic amines) is 1. The Kier molecular flexibility index (Phi) is 4.10. The molecule has 0 unspecified atom stereocenters. The Morgan fingerprint density at radius 3 is 2.57 bits per heavy atom. The van der Waals surface area contributed by atoms with E-state index in [-0.39, 0.29) is 17.7 Å². The van der Waals surface area contributed by atoms with Crippen molar-refractivity contribution in [1.82, 2.24) is 10.2 Å². The summed E-state index contributed by atoms with van der Waals surface area (Å²) in [5.74, 6) is -0.556. The molecule has 1 heterocycles. The maximum Gasteiger partial charge on any atom is 0.251 e. The van der Waals surface area contributed by atoms with Crippen LogP contribution in [0, 0.1) is 5.82 Å². The van der Waals surface area contributed by atoms with Gasteiger partial charge in [-0.05, 0) is 43.9 Å². The molecule has 1 aliphatic heterocycles. The average molecular weight is 292 g/mol. The Balaban J connectivity index is 1.55. The summed E-state index contributed by atoms with van der Waals surface area (Å²) in [7, 11) is 1.41. The Labute approximate surface area is 124 Å². The Bertz CT molecular complexity index is 523. The van der Waals surface area contributed by atoms with Crippen LogP contribution in [-0.2, 0) is 0 Å². The first-order valence-electron chi connectivity index (χ1n) is 7.56. The van der Waals surface area contributed by atoms with E-state index in [0.717, 1.165) is 32.0 Å². The monoisotopic (exact) mass is 292 g/mol. The van der Waals surface area contributed by atoms with Crippen molar-refractivity contribution in [2.45, 2.75) is 37.8 Å². The zero-order chi connectivity index (χ0) is 14.8. The topological polar surface area (TPSA) is 41.6 Å². The summed E-state index contributed by atoms with van der Waals surface area (Å²) in [4.78, 5) is 14.7. The lowest BCUT2D eigenvalue weighted by molar-refractivity contribution is 0.0908. The summed E-state index contributed by atoms with van der Waals surface area (Å²) in [6.45, 7) is 2.10. The molecule has 1 aromatic rings. The van der Waals surface area contributed by atoms with E-state index in [1.54, 1.807) is 6.07 Å². The smallest absolute Gasteiger partial charge is 0.251 e. The molecule has 0 spiro atoms. The number of methoxy groups -OCH3 is 1. The molecule has 0 aromatic heterocycles. The average Bonchev–Trinajstić information content (AvgIpc) is 3.32. The summed E-state index contributed by atoms with van der Waals surface area (Å²) in [5.41, 5.74) is 0.345. The van der Waals surface area contributed by atoms with E-state index in [4.69, 9.17) is 4.74 Å². The van der Waals surface area contributed by atoms with Crippen molar-refractivity contribution in [3.05, 3.63) is 29.6 Å². The van der Waals surface area contributed by atoms with Crippen LogP contribution in [0.5, 0.6) is 5.75 Å². The molecule has 2 aliphatic rings. The van der Waals surface area contributed by atoms with E-state index in [1.807, 2.05) is 0 Å². The van der Waals surface area contributed by atoms with Gasteiger partial charge >= 0.3 is 0 Å². The van der Waals surface area contributed by atoms with Gasteiger partial charge in [0.2, 0.25) is 0 Å². The summed E-state index contributed by atoms with van der Waals surface area (Å²) < 4.78 is 18.5. The summed E-state index contributed by atoms with van der Waals surface area (Å²) in [5, 5.41) is 3.01. The zero-order valence-corrected chi connectivity index (χ0v) is 12.3. The molecular weight excluding hydrogens is 271 g/mol. The standard InChI is InChI=1S/C16H21FN2O2/c1-21-15-5-2-11(10-14(15)17)16(20)18-12-6-8-19(9-7-12)13-3-4-13/h2,5,10,12-13H,3-4,6-9H2,1H3,(H,18,20). The maximum atomic E-state index is 13.6. The molecule has 1 N–H and O–H groups in total. The number of benzene rings is 1. The fourth-order valence-corrected chi connectivity index (χ4v) is 2.92. The number of rotatable bonds is 4. The van der Waals surface area contributed by atoms with Gasteiger partial charge in [0, 0.05) is 30.7 Å². The van der Waals surface area contributed by atoms with E-state index < -0.39 is 5.82 Å². The van der Waals surface area contributed by atoms with Crippen LogP contribution in [0.25, 0.3) is 0 Å². The molecule has 1 saturated heterocycles. The predicted octanol–water partition coefficient (Wildman–Crippen LogP) is 2.19. The second kappa shape index (κ2) is 6.02. The summed E-state index contributed by atoms with van der Waals surface area (Å²) >= 11 is 0. The van der Waals surface area contributed by atoms with Gasteiger partial charge in [-0.25, -0.2) is 4.39 Å². The van der Waals surface area contributed by atoms with Gasteiger partial charge < -0.3 is 15.0 Å². The molecule has 0 bridgehead atoms. The van der Waals surface area contributed by atoms with E-state index in [1.165, 1.54) is 32.1 Å². The van der Waals surface area contributed by atoms with Crippen molar-refractivity contribution in [3.8, 4) is 5.75 Å². The zero-order valence-electron chi connectivity index (χ0n) is 12.3. The third-order valence-corrected chi connectivity index (χ3v) is 4.34. The molecule has 21 heavy (non-hydrogen) atoms. The number of carbonyl (C=O) groups is 1. The van der Waals surface area contributed by atoms with E-state index in [9.17, 15) is 9.18 Å². The molecule has 1 aliphatic carbocycles. The highest BCUT2D eigenvalue weighted by atomic mass is 19.1. The molecule has 1 amide bonds. The molecule has 0 radical (unpaired) electrons. The minimum absolute atomic E-state index is 0.157. The number of hydrogen-bond acceptors (Lipinski definition) is 3. The minimum atomic E-state index is -0.506. The Hall–Kier alpha value is -1.62. The highest BCUT2D eigenvalue weighted by Gasteiger charge is 2.32. The molecule has 2 fully saturated rings. The van der Waals surface area contributed by atoms with Crippen molar-refractivity contribution in [3.63, 3.8) is 0 Å². The van der Waals surface area contributed by atoms with Crippen molar-refractivity contribution < 1.29 is 13.9 Å². The number of amides is 1. The fourth-order valence-electron chi connectivity index (χ4n) is 2.92. The third kappa shape index (κ3) is 3.35. The second-order valence-corrected chi connectivity index (χ2v) is 5.86. The van der Waals surface area contributed by atoms with Crippen LogP contribution in [0.3, 0.4) is 0 Å². The minimum Gasteiger partial charge on any atom is -0.494 e. The number of hydrogen-bond donors (Lipinski definition) is 1.